The van der Waals surface area contributed by atoms with Crippen LogP contribution in [0.4, 0.5) is 5.69 Å². The van der Waals surface area contributed by atoms with Crippen molar-refractivity contribution in [3.05, 3.63) is 29.3 Å². The fourth-order valence-corrected chi connectivity index (χ4v) is 2.69. The van der Waals surface area contributed by atoms with Crippen molar-refractivity contribution < 1.29 is 4.79 Å². The van der Waals surface area contributed by atoms with Gasteiger partial charge in [-0.1, -0.05) is 6.07 Å². The Labute approximate surface area is 126 Å². The van der Waals surface area contributed by atoms with Crippen molar-refractivity contribution >= 4 is 11.6 Å². The summed E-state index contributed by atoms with van der Waals surface area (Å²) in [6.07, 6.45) is 2.05. The van der Waals surface area contributed by atoms with Crippen LogP contribution >= 0.6 is 0 Å². The highest BCUT2D eigenvalue weighted by molar-refractivity contribution is 5.82. The number of likely N-dealkylation sites (N-methyl/N-ethyl adjacent to an activating group) is 1. The second-order valence-corrected chi connectivity index (χ2v) is 6.34. The van der Waals surface area contributed by atoms with Gasteiger partial charge in [-0.25, -0.2) is 0 Å². The summed E-state index contributed by atoms with van der Waals surface area (Å²) in [7, 11) is 1.90. The Bertz CT molecular complexity index is 566. The molecule has 2 rings (SSSR count). The number of amides is 1. The Kier molecular flexibility index (Phi) is 4.22. The zero-order chi connectivity index (χ0) is 15.6. The molecule has 4 heteroatoms. The number of nitriles is 1. The normalized spacial score (nSPS) is 16.7. The lowest BCUT2D eigenvalue weighted by atomic mass is 9.98. The Hall–Kier alpha value is -2.02. The molecule has 0 aliphatic heterocycles. The van der Waals surface area contributed by atoms with E-state index in [-0.39, 0.29) is 12.5 Å². The molecule has 4 nitrogen and oxygen atoms in total. The number of nitrogens with one attached hydrogen (secondary N) is 1. The summed E-state index contributed by atoms with van der Waals surface area (Å²) in [5.41, 5.74) is 2.66. The third-order valence-corrected chi connectivity index (χ3v) is 4.05. The predicted molar refractivity (Wildman–Crippen MR) is 84.1 cm³/mol. The summed E-state index contributed by atoms with van der Waals surface area (Å²) in [6.45, 7) is 6.17. The number of rotatable bonds is 5. The van der Waals surface area contributed by atoms with E-state index >= 15 is 0 Å². The van der Waals surface area contributed by atoms with Crippen LogP contribution < -0.4 is 10.2 Å². The van der Waals surface area contributed by atoms with Crippen LogP contribution in [-0.2, 0) is 4.79 Å². The first-order valence-corrected chi connectivity index (χ1v) is 7.36. The quantitative estimate of drug-likeness (QED) is 0.904. The topological polar surface area (TPSA) is 56.1 Å². The summed E-state index contributed by atoms with van der Waals surface area (Å²) in [5.74, 6) is 0.200. The van der Waals surface area contributed by atoms with Crippen molar-refractivity contribution in [1.29, 1.82) is 5.26 Å². The smallest absolute Gasteiger partial charge is 0.240 e. The molecular formula is C17H23N3O. The molecule has 0 unspecified atom stereocenters. The minimum atomic E-state index is -0.722. The first-order chi connectivity index (χ1) is 9.84. The van der Waals surface area contributed by atoms with Gasteiger partial charge in [0.15, 0.2) is 0 Å². The van der Waals surface area contributed by atoms with Crippen LogP contribution in [0.1, 0.15) is 30.9 Å². The first-order valence-electron chi connectivity index (χ1n) is 7.36. The van der Waals surface area contributed by atoms with Crippen LogP contribution in [0.2, 0.25) is 0 Å². The molecule has 0 bridgehead atoms. The molecule has 1 aliphatic rings. The standard InChI is InChI=1S/C17H23N3O/c1-12-7-13(2)9-15(8-12)20(4)10-16(21)19-17(3,11-18)14-5-6-14/h7-9,14H,5-6,10H2,1-4H3,(H,19,21)/t17-/m0/s1. The van der Waals surface area contributed by atoms with E-state index in [1.54, 1.807) is 0 Å². The second-order valence-electron chi connectivity index (χ2n) is 6.34. The maximum absolute atomic E-state index is 12.2. The fraction of sp³-hybridized carbons (Fsp3) is 0.529. The van der Waals surface area contributed by atoms with Crippen molar-refractivity contribution in [1.82, 2.24) is 5.32 Å². The van der Waals surface area contributed by atoms with E-state index in [4.69, 9.17) is 0 Å². The van der Waals surface area contributed by atoms with Crippen LogP contribution in [0.3, 0.4) is 0 Å². The van der Waals surface area contributed by atoms with E-state index in [9.17, 15) is 10.1 Å². The van der Waals surface area contributed by atoms with Gasteiger partial charge >= 0.3 is 0 Å². The number of carbonyl (C=O) groups excluding carboxylic acids is 1. The van der Waals surface area contributed by atoms with E-state index < -0.39 is 5.54 Å². The lowest BCUT2D eigenvalue weighted by molar-refractivity contribution is -0.121. The number of hydrogen-bond acceptors (Lipinski definition) is 3. The number of aryl methyl sites for hydroxylation is 2. The van der Waals surface area contributed by atoms with Gasteiger partial charge in [0.25, 0.3) is 0 Å². The number of benzene rings is 1. The highest BCUT2D eigenvalue weighted by Crippen LogP contribution is 2.39. The molecule has 1 amide bonds. The molecule has 0 spiro atoms. The lowest BCUT2D eigenvalue weighted by Crippen LogP contribution is -2.49. The van der Waals surface area contributed by atoms with Crippen molar-refractivity contribution in [2.75, 3.05) is 18.5 Å². The van der Waals surface area contributed by atoms with Crippen LogP contribution in [0, 0.1) is 31.1 Å². The summed E-state index contributed by atoms with van der Waals surface area (Å²) in [4.78, 5) is 14.1. The number of anilines is 1. The van der Waals surface area contributed by atoms with Gasteiger partial charge < -0.3 is 10.2 Å². The van der Waals surface area contributed by atoms with Gasteiger partial charge in [-0.05, 0) is 62.8 Å². The van der Waals surface area contributed by atoms with Gasteiger partial charge in [0.2, 0.25) is 5.91 Å². The Balaban J connectivity index is 2.00. The number of nitrogens with zero attached hydrogens (tertiary/aromatic N) is 2. The van der Waals surface area contributed by atoms with Crippen LogP contribution in [0.15, 0.2) is 18.2 Å². The average molecular weight is 285 g/mol. The first kappa shape index (κ1) is 15.4. The van der Waals surface area contributed by atoms with Crippen molar-refractivity contribution in [3.63, 3.8) is 0 Å². The molecule has 112 valence electrons. The van der Waals surface area contributed by atoms with Gasteiger partial charge in [-0.2, -0.15) is 5.26 Å². The van der Waals surface area contributed by atoms with Crippen LogP contribution in [0.5, 0.6) is 0 Å². The molecule has 1 aliphatic carbocycles. The summed E-state index contributed by atoms with van der Waals surface area (Å²) in [6, 6.07) is 8.48. The van der Waals surface area contributed by atoms with Gasteiger partial charge in [0.1, 0.15) is 5.54 Å². The molecular weight excluding hydrogens is 262 g/mol. The minimum absolute atomic E-state index is 0.104. The minimum Gasteiger partial charge on any atom is -0.365 e. The zero-order valence-corrected chi connectivity index (χ0v) is 13.2. The summed E-state index contributed by atoms with van der Waals surface area (Å²) >= 11 is 0. The van der Waals surface area contributed by atoms with Crippen molar-refractivity contribution in [2.24, 2.45) is 5.92 Å². The monoisotopic (exact) mass is 285 g/mol. The van der Waals surface area contributed by atoms with Crippen LogP contribution in [-0.4, -0.2) is 25.0 Å². The fourth-order valence-electron chi connectivity index (χ4n) is 2.69. The van der Waals surface area contributed by atoms with E-state index in [2.05, 4.69) is 29.6 Å². The molecule has 0 saturated heterocycles. The molecule has 0 heterocycles. The molecule has 1 aromatic carbocycles. The van der Waals surface area contributed by atoms with E-state index in [0.29, 0.717) is 5.92 Å². The van der Waals surface area contributed by atoms with Gasteiger partial charge in [-0.15, -0.1) is 0 Å². The van der Waals surface area contributed by atoms with E-state index in [1.807, 2.05) is 32.7 Å². The maximum Gasteiger partial charge on any atom is 0.240 e. The highest BCUT2D eigenvalue weighted by atomic mass is 16.2. The number of hydrogen-bond donors (Lipinski definition) is 1. The maximum atomic E-state index is 12.2. The Morgan fingerprint density at radius 1 is 1.38 bits per heavy atom. The zero-order valence-electron chi connectivity index (χ0n) is 13.2. The number of carbonyl (C=O) groups is 1. The van der Waals surface area contributed by atoms with Gasteiger partial charge in [0, 0.05) is 12.7 Å². The molecule has 1 N–H and O–H groups in total. The molecule has 0 radical (unpaired) electrons. The van der Waals surface area contributed by atoms with E-state index in [0.717, 1.165) is 18.5 Å². The lowest BCUT2D eigenvalue weighted by Gasteiger charge is -2.26. The van der Waals surface area contributed by atoms with E-state index in [1.165, 1.54) is 11.1 Å². The predicted octanol–water partition coefficient (Wildman–Crippen LogP) is 2.55. The molecule has 1 atom stereocenters. The largest absolute Gasteiger partial charge is 0.365 e. The average Bonchev–Trinajstić information content (AvgIpc) is 3.21. The third-order valence-electron chi connectivity index (χ3n) is 4.05. The highest BCUT2D eigenvalue weighted by Gasteiger charge is 2.43. The Morgan fingerprint density at radius 2 is 1.95 bits per heavy atom. The molecule has 1 saturated carbocycles. The second kappa shape index (κ2) is 5.77. The van der Waals surface area contributed by atoms with Gasteiger partial charge in [-0.3, -0.25) is 4.79 Å². The Morgan fingerprint density at radius 3 is 2.43 bits per heavy atom. The SMILES string of the molecule is Cc1cc(C)cc(N(C)CC(=O)N[C@@](C)(C#N)C2CC2)c1. The summed E-state index contributed by atoms with van der Waals surface area (Å²) < 4.78 is 0. The van der Waals surface area contributed by atoms with Gasteiger partial charge in [0.05, 0.1) is 12.6 Å². The molecule has 21 heavy (non-hydrogen) atoms. The molecule has 0 aromatic heterocycles. The third kappa shape index (κ3) is 3.75. The summed E-state index contributed by atoms with van der Waals surface area (Å²) in [5, 5.41) is 12.2. The van der Waals surface area contributed by atoms with Crippen molar-refractivity contribution in [3.8, 4) is 6.07 Å². The van der Waals surface area contributed by atoms with Crippen LogP contribution in [0.25, 0.3) is 0 Å². The molecule has 1 fully saturated rings. The van der Waals surface area contributed by atoms with Crippen molar-refractivity contribution in [2.45, 2.75) is 39.2 Å². The molecule has 1 aromatic rings.